The van der Waals surface area contributed by atoms with Gasteiger partial charge in [-0.05, 0) is 35.9 Å². The number of nitrogens with zero attached hydrogens (tertiary/aromatic N) is 4. The Bertz CT molecular complexity index is 1360. The van der Waals surface area contributed by atoms with Crippen LogP contribution < -0.4 is 20.3 Å². The van der Waals surface area contributed by atoms with Gasteiger partial charge in [0.2, 0.25) is 5.91 Å². The maximum atomic E-state index is 13.6. The molecule has 33 heavy (non-hydrogen) atoms. The van der Waals surface area contributed by atoms with Crippen molar-refractivity contribution in [2.75, 3.05) is 14.2 Å². The summed E-state index contributed by atoms with van der Waals surface area (Å²) in [6, 6.07) is 8.38. The van der Waals surface area contributed by atoms with E-state index in [1.54, 1.807) is 35.2 Å². The zero-order chi connectivity index (χ0) is 23.5. The van der Waals surface area contributed by atoms with E-state index in [-0.39, 0.29) is 11.9 Å². The molecule has 4 rings (SSSR count). The van der Waals surface area contributed by atoms with Gasteiger partial charge < -0.3 is 19.4 Å². The van der Waals surface area contributed by atoms with Crippen LogP contribution in [0.25, 0.3) is 10.9 Å². The smallest absolute Gasteiger partial charge is 0.261 e. The Kier molecular flexibility index (Phi) is 6.07. The van der Waals surface area contributed by atoms with Gasteiger partial charge in [-0.3, -0.25) is 14.2 Å². The van der Waals surface area contributed by atoms with Gasteiger partial charge in [0.1, 0.15) is 35.7 Å². The fraction of sp³-hybridized carbons (Fsp3) is 0.217. The highest BCUT2D eigenvalue weighted by atomic mass is 19.1. The van der Waals surface area contributed by atoms with E-state index in [1.165, 1.54) is 32.7 Å². The Hall–Kier alpha value is -4.21. The number of fused-ring (bicyclic) bond motifs is 1. The summed E-state index contributed by atoms with van der Waals surface area (Å²) in [6.07, 6.45) is 4.66. The molecule has 2 heterocycles. The number of benzene rings is 2. The van der Waals surface area contributed by atoms with Crippen LogP contribution in [0, 0.1) is 5.82 Å². The number of rotatable bonds is 7. The summed E-state index contributed by atoms with van der Waals surface area (Å²) in [7, 11) is 4.88. The molecule has 0 saturated carbocycles. The van der Waals surface area contributed by atoms with Crippen molar-refractivity contribution in [1.29, 1.82) is 0 Å². The lowest BCUT2D eigenvalue weighted by Gasteiger charge is -2.21. The SMILES string of the molecule is COc1cc(OC)cc(C(NC(=O)Cn2cnc3ccc(F)cc3c2=O)c2nccn2C)c1. The largest absolute Gasteiger partial charge is 0.497 e. The molecule has 0 spiro atoms. The van der Waals surface area contributed by atoms with Crippen LogP contribution in [0.4, 0.5) is 4.39 Å². The molecule has 9 nitrogen and oxygen atoms in total. The third-order valence-corrected chi connectivity index (χ3v) is 5.23. The quantitative estimate of drug-likeness (QED) is 0.462. The van der Waals surface area contributed by atoms with Crippen molar-refractivity contribution in [3.8, 4) is 11.5 Å². The average molecular weight is 451 g/mol. The normalized spacial score (nSPS) is 11.9. The van der Waals surface area contributed by atoms with E-state index >= 15 is 0 Å². The molecule has 1 unspecified atom stereocenters. The molecular weight excluding hydrogens is 429 g/mol. The predicted octanol–water partition coefficient (Wildman–Crippen LogP) is 2.19. The zero-order valence-electron chi connectivity index (χ0n) is 18.3. The first kappa shape index (κ1) is 22.0. The molecule has 1 atom stereocenters. The maximum absolute atomic E-state index is 13.6. The van der Waals surface area contributed by atoms with Crippen molar-refractivity contribution in [1.82, 2.24) is 24.4 Å². The van der Waals surface area contributed by atoms with Crippen LogP contribution in [0.15, 0.2) is 59.9 Å². The van der Waals surface area contributed by atoms with Crippen LogP contribution >= 0.6 is 0 Å². The number of aromatic nitrogens is 4. The van der Waals surface area contributed by atoms with Crippen LogP contribution in [-0.4, -0.2) is 39.2 Å². The maximum Gasteiger partial charge on any atom is 0.261 e. The van der Waals surface area contributed by atoms with Gasteiger partial charge >= 0.3 is 0 Å². The van der Waals surface area contributed by atoms with Crippen molar-refractivity contribution < 1.29 is 18.7 Å². The summed E-state index contributed by atoms with van der Waals surface area (Å²) in [4.78, 5) is 34.3. The first-order valence-corrected chi connectivity index (χ1v) is 10.0. The standard InChI is InChI=1S/C23H22FN5O4/c1-28-7-6-25-22(28)21(14-8-16(32-2)11-17(9-14)33-3)27-20(30)12-29-13-26-19-5-4-15(24)10-18(19)23(29)31/h4-11,13,21H,12H2,1-3H3,(H,27,30). The summed E-state index contributed by atoms with van der Waals surface area (Å²) in [5, 5.41) is 3.02. The minimum absolute atomic E-state index is 0.100. The summed E-state index contributed by atoms with van der Waals surface area (Å²) < 4.78 is 27.2. The fourth-order valence-electron chi connectivity index (χ4n) is 3.55. The van der Waals surface area contributed by atoms with Gasteiger partial charge in [-0.15, -0.1) is 0 Å². The Labute approximate surface area is 188 Å². The lowest BCUT2D eigenvalue weighted by Crippen LogP contribution is -2.36. The van der Waals surface area contributed by atoms with Crippen molar-refractivity contribution in [3.63, 3.8) is 0 Å². The molecule has 10 heteroatoms. The van der Waals surface area contributed by atoms with E-state index in [2.05, 4.69) is 15.3 Å². The zero-order valence-corrected chi connectivity index (χ0v) is 18.3. The van der Waals surface area contributed by atoms with Crippen LogP contribution in [-0.2, 0) is 18.4 Å². The molecular formula is C23H22FN5O4. The van der Waals surface area contributed by atoms with Gasteiger partial charge in [-0.25, -0.2) is 14.4 Å². The Morgan fingerprint density at radius 2 is 1.85 bits per heavy atom. The molecule has 0 fully saturated rings. The van der Waals surface area contributed by atoms with Crippen molar-refractivity contribution in [3.05, 3.63) is 82.7 Å². The number of amides is 1. The minimum atomic E-state index is -0.650. The van der Waals surface area contributed by atoms with Crippen LogP contribution in [0.1, 0.15) is 17.4 Å². The second kappa shape index (κ2) is 9.11. The fourth-order valence-corrected chi connectivity index (χ4v) is 3.55. The number of halogens is 1. The topological polar surface area (TPSA) is 100 Å². The van der Waals surface area contributed by atoms with Gasteiger partial charge in [0.25, 0.3) is 5.56 Å². The van der Waals surface area contributed by atoms with Gasteiger partial charge in [-0.2, -0.15) is 0 Å². The number of carbonyl (C=O) groups is 1. The lowest BCUT2D eigenvalue weighted by molar-refractivity contribution is -0.122. The molecule has 0 bridgehead atoms. The van der Waals surface area contributed by atoms with Crippen LogP contribution in [0.5, 0.6) is 11.5 Å². The number of carbonyl (C=O) groups excluding carboxylic acids is 1. The third-order valence-electron chi connectivity index (χ3n) is 5.23. The van der Waals surface area contributed by atoms with Crippen LogP contribution in [0.2, 0.25) is 0 Å². The summed E-state index contributed by atoms with van der Waals surface area (Å²) in [6.45, 7) is -0.305. The highest BCUT2D eigenvalue weighted by molar-refractivity contribution is 5.79. The highest BCUT2D eigenvalue weighted by Crippen LogP contribution is 2.29. The van der Waals surface area contributed by atoms with E-state index in [0.717, 1.165) is 10.6 Å². The number of ether oxygens (including phenoxy) is 2. The van der Waals surface area contributed by atoms with E-state index in [4.69, 9.17) is 9.47 Å². The highest BCUT2D eigenvalue weighted by Gasteiger charge is 2.23. The molecule has 0 aliphatic carbocycles. The van der Waals surface area contributed by atoms with E-state index in [0.29, 0.717) is 28.4 Å². The van der Waals surface area contributed by atoms with Gasteiger partial charge in [0.15, 0.2) is 0 Å². The molecule has 2 aromatic heterocycles. The molecule has 0 saturated heterocycles. The molecule has 1 amide bonds. The van der Waals surface area contributed by atoms with Crippen LogP contribution in [0.3, 0.4) is 0 Å². The monoisotopic (exact) mass is 451 g/mol. The van der Waals surface area contributed by atoms with Crippen molar-refractivity contribution in [2.24, 2.45) is 7.05 Å². The number of aryl methyl sites for hydroxylation is 1. The number of methoxy groups -OCH3 is 2. The van der Waals surface area contributed by atoms with Gasteiger partial charge in [-0.1, -0.05) is 0 Å². The van der Waals surface area contributed by atoms with E-state index in [9.17, 15) is 14.0 Å². The molecule has 170 valence electrons. The Morgan fingerprint density at radius 3 is 2.48 bits per heavy atom. The second-order valence-electron chi connectivity index (χ2n) is 7.38. The molecule has 4 aromatic rings. The molecule has 0 aliphatic heterocycles. The number of hydrogen-bond donors (Lipinski definition) is 1. The Balaban J connectivity index is 1.67. The second-order valence-corrected chi connectivity index (χ2v) is 7.38. The lowest BCUT2D eigenvalue weighted by atomic mass is 10.0. The summed E-state index contributed by atoms with van der Waals surface area (Å²) in [5.74, 6) is 0.670. The molecule has 0 aliphatic rings. The Morgan fingerprint density at radius 1 is 1.12 bits per heavy atom. The van der Waals surface area contributed by atoms with Gasteiger partial charge in [0, 0.05) is 25.5 Å². The van der Waals surface area contributed by atoms with Crippen molar-refractivity contribution >= 4 is 16.8 Å². The minimum Gasteiger partial charge on any atom is -0.497 e. The van der Waals surface area contributed by atoms with E-state index in [1.807, 2.05) is 7.05 Å². The molecule has 1 N–H and O–H groups in total. The first-order valence-electron chi connectivity index (χ1n) is 10.0. The summed E-state index contributed by atoms with van der Waals surface area (Å²) in [5.41, 5.74) is 0.526. The predicted molar refractivity (Wildman–Crippen MR) is 119 cm³/mol. The molecule has 0 radical (unpaired) electrons. The first-order chi connectivity index (χ1) is 15.9. The molecule has 2 aromatic carbocycles. The number of imidazole rings is 1. The number of nitrogens with one attached hydrogen (secondary N) is 1. The number of hydrogen-bond acceptors (Lipinski definition) is 6. The van der Waals surface area contributed by atoms with Crippen molar-refractivity contribution in [2.45, 2.75) is 12.6 Å². The summed E-state index contributed by atoms with van der Waals surface area (Å²) >= 11 is 0. The average Bonchev–Trinajstić information content (AvgIpc) is 3.24. The third kappa shape index (κ3) is 4.54. The van der Waals surface area contributed by atoms with E-state index < -0.39 is 23.3 Å². The van der Waals surface area contributed by atoms with Gasteiger partial charge in [0.05, 0.1) is 31.4 Å².